The van der Waals surface area contributed by atoms with Gasteiger partial charge in [-0.25, -0.2) is 0 Å². The summed E-state index contributed by atoms with van der Waals surface area (Å²) in [6.45, 7) is 3.97. The Balaban J connectivity index is 1.67. The van der Waals surface area contributed by atoms with E-state index in [1.165, 1.54) is 5.56 Å². The third-order valence-electron chi connectivity index (χ3n) is 4.13. The summed E-state index contributed by atoms with van der Waals surface area (Å²) in [5.41, 5.74) is 4.45. The SMILES string of the molecule is COc1cccc(CNCc2ccccn2)c1OCc1ccc(C)cc1. The summed E-state index contributed by atoms with van der Waals surface area (Å²) in [5.74, 6) is 1.53. The standard InChI is InChI=1S/C22H24N2O2/c1-17-9-11-18(12-10-17)16-26-22-19(6-5-8-21(22)25-2)14-23-15-20-7-3-4-13-24-20/h3-13,23H,14-16H2,1-2H3. The van der Waals surface area contributed by atoms with Gasteiger partial charge >= 0.3 is 0 Å². The second-order valence-electron chi connectivity index (χ2n) is 6.15. The monoisotopic (exact) mass is 348 g/mol. The molecular formula is C22H24N2O2. The highest BCUT2D eigenvalue weighted by Gasteiger charge is 2.11. The number of nitrogens with one attached hydrogen (secondary N) is 1. The van der Waals surface area contributed by atoms with E-state index in [0.717, 1.165) is 28.3 Å². The highest BCUT2D eigenvalue weighted by Crippen LogP contribution is 2.31. The van der Waals surface area contributed by atoms with Gasteiger partial charge in [0.05, 0.1) is 12.8 Å². The number of pyridine rings is 1. The van der Waals surface area contributed by atoms with Crippen LogP contribution in [0.3, 0.4) is 0 Å². The Morgan fingerprint density at radius 3 is 2.50 bits per heavy atom. The number of benzene rings is 2. The summed E-state index contributed by atoms with van der Waals surface area (Å²) in [5, 5.41) is 3.42. The minimum absolute atomic E-state index is 0.508. The van der Waals surface area contributed by atoms with Gasteiger partial charge in [-0.3, -0.25) is 4.98 Å². The lowest BCUT2D eigenvalue weighted by Gasteiger charge is -2.16. The van der Waals surface area contributed by atoms with Gasteiger partial charge in [0, 0.05) is 24.8 Å². The summed E-state index contributed by atoms with van der Waals surface area (Å²) in [6.07, 6.45) is 1.80. The molecule has 0 saturated heterocycles. The summed E-state index contributed by atoms with van der Waals surface area (Å²) in [7, 11) is 1.67. The van der Waals surface area contributed by atoms with E-state index in [2.05, 4.69) is 47.6 Å². The van der Waals surface area contributed by atoms with Gasteiger partial charge in [-0.1, -0.05) is 48.0 Å². The minimum Gasteiger partial charge on any atom is -0.493 e. The van der Waals surface area contributed by atoms with Crippen LogP contribution < -0.4 is 14.8 Å². The first-order valence-electron chi connectivity index (χ1n) is 8.71. The molecule has 0 aliphatic carbocycles. The van der Waals surface area contributed by atoms with Crippen molar-refractivity contribution in [2.75, 3.05) is 7.11 Å². The van der Waals surface area contributed by atoms with E-state index >= 15 is 0 Å². The van der Waals surface area contributed by atoms with Gasteiger partial charge in [0.2, 0.25) is 0 Å². The highest BCUT2D eigenvalue weighted by atomic mass is 16.5. The Morgan fingerprint density at radius 1 is 0.923 bits per heavy atom. The van der Waals surface area contributed by atoms with E-state index in [0.29, 0.717) is 19.7 Å². The molecule has 1 aromatic heterocycles. The van der Waals surface area contributed by atoms with Crippen LogP contribution in [0.2, 0.25) is 0 Å². The number of methoxy groups -OCH3 is 1. The second-order valence-corrected chi connectivity index (χ2v) is 6.15. The Bertz CT molecular complexity index is 817. The van der Waals surface area contributed by atoms with Gasteiger partial charge in [0.1, 0.15) is 6.61 Å². The van der Waals surface area contributed by atoms with Gasteiger partial charge in [-0.05, 0) is 30.7 Å². The van der Waals surface area contributed by atoms with Crippen molar-refractivity contribution in [2.45, 2.75) is 26.6 Å². The van der Waals surface area contributed by atoms with Crippen molar-refractivity contribution < 1.29 is 9.47 Å². The topological polar surface area (TPSA) is 43.4 Å². The van der Waals surface area contributed by atoms with Gasteiger partial charge in [-0.15, -0.1) is 0 Å². The molecule has 0 fully saturated rings. The fraction of sp³-hybridized carbons (Fsp3) is 0.227. The molecular weight excluding hydrogens is 324 g/mol. The molecule has 2 aromatic carbocycles. The molecule has 0 atom stereocenters. The largest absolute Gasteiger partial charge is 0.493 e. The number of ether oxygens (including phenoxy) is 2. The van der Waals surface area contributed by atoms with Gasteiger partial charge in [0.15, 0.2) is 11.5 Å². The van der Waals surface area contributed by atoms with Crippen LogP contribution in [0.4, 0.5) is 0 Å². The first-order valence-corrected chi connectivity index (χ1v) is 8.71. The van der Waals surface area contributed by atoms with Crippen molar-refractivity contribution in [1.82, 2.24) is 10.3 Å². The first-order chi connectivity index (χ1) is 12.8. The van der Waals surface area contributed by atoms with Gasteiger partial charge in [-0.2, -0.15) is 0 Å². The van der Waals surface area contributed by atoms with Crippen LogP contribution in [0.25, 0.3) is 0 Å². The molecule has 0 unspecified atom stereocenters. The molecule has 0 saturated carbocycles. The third kappa shape index (κ3) is 4.83. The lowest BCUT2D eigenvalue weighted by Crippen LogP contribution is -2.14. The van der Waals surface area contributed by atoms with Crippen molar-refractivity contribution in [3.05, 3.63) is 89.2 Å². The molecule has 0 amide bonds. The Labute approximate surface area is 154 Å². The number of para-hydroxylation sites is 1. The molecule has 1 heterocycles. The van der Waals surface area contributed by atoms with Crippen LogP contribution in [0.15, 0.2) is 66.9 Å². The second kappa shape index (κ2) is 9.02. The van der Waals surface area contributed by atoms with Crippen LogP contribution in [-0.4, -0.2) is 12.1 Å². The first kappa shape index (κ1) is 18.0. The van der Waals surface area contributed by atoms with E-state index in [4.69, 9.17) is 9.47 Å². The molecule has 26 heavy (non-hydrogen) atoms. The molecule has 0 radical (unpaired) electrons. The van der Waals surface area contributed by atoms with Crippen molar-refractivity contribution in [3.63, 3.8) is 0 Å². The molecule has 0 spiro atoms. The van der Waals surface area contributed by atoms with E-state index in [-0.39, 0.29) is 0 Å². The zero-order chi connectivity index (χ0) is 18.2. The third-order valence-corrected chi connectivity index (χ3v) is 4.13. The number of hydrogen-bond donors (Lipinski definition) is 1. The van der Waals surface area contributed by atoms with Crippen molar-refractivity contribution in [3.8, 4) is 11.5 Å². The fourth-order valence-electron chi connectivity index (χ4n) is 2.69. The quantitative estimate of drug-likeness (QED) is 0.660. The van der Waals surface area contributed by atoms with Crippen LogP contribution in [0.1, 0.15) is 22.4 Å². The molecule has 134 valence electrons. The zero-order valence-electron chi connectivity index (χ0n) is 15.2. The van der Waals surface area contributed by atoms with Gasteiger partial charge < -0.3 is 14.8 Å². The Hall–Kier alpha value is -2.85. The molecule has 0 aliphatic rings. The highest BCUT2D eigenvalue weighted by molar-refractivity contribution is 5.46. The molecule has 1 N–H and O–H groups in total. The van der Waals surface area contributed by atoms with Crippen molar-refractivity contribution in [1.29, 1.82) is 0 Å². The van der Waals surface area contributed by atoms with E-state index < -0.39 is 0 Å². The molecule has 3 rings (SSSR count). The van der Waals surface area contributed by atoms with Crippen LogP contribution in [-0.2, 0) is 19.7 Å². The molecule has 4 heteroatoms. The smallest absolute Gasteiger partial charge is 0.166 e. The van der Waals surface area contributed by atoms with Crippen LogP contribution in [0, 0.1) is 6.92 Å². The average molecular weight is 348 g/mol. The molecule has 0 aliphatic heterocycles. The predicted molar refractivity (Wildman–Crippen MR) is 103 cm³/mol. The number of aromatic nitrogens is 1. The Kier molecular flexibility index (Phi) is 6.23. The van der Waals surface area contributed by atoms with Crippen LogP contribution >= 0.6 is 0 Å². The van der Waals surface area contributed by atoms with Crippen molar-refractivity contribution >= 4 is 0 Å². The summed E-state index contributed by atoms with van der Waals surface area (Å²) in [4.78, 5) is 4.33. The van der Waals surface area contributed by atoms with E-state index in [9.17, 15) is 0 Å². The zero-order valence-corrected chi connectivity index (χ0v) is 15.2. The number of aryl methyl sites for hydroxylation is 1. The Morgan fingerprint density at radius 2 is 1.77 bits per heavy atom. The maximum atomic E-state index is 6.11. The number of nitrogens with zero attached hydrogens (tertiary/aromatic N) is 1. The fourth-order valence-corrected chi connectivity index (χ4v) is 2.69. The molecule has 4 nitrogen and oxygen atoms in total. The van der Waals surface area contributed by atoms with Crippen molar-refractivity contribution in [2.24, 2.45) is 0 Å². The maximum Gasteiger partial charge on any atom is 0.166 e. The van der Waals surface area contributed by atoms with E-state index in [1.807, 2.05) is 30.3 Å². The summed E-state index contributed by atoms with van der Waals surface area (Å²) in [6, 6.07) is 20.2. The van der Waals surface area contributed by atoms with Crippen LogP contribution in [0.5, 0.6) is 11.5 Å². The summed E-state index contributed by atoms with van der Waals surface area (Å²) < 4.78 is 11.6. The summed E-state index contributed by atoms with van der Waals surface area (Å²) >= 11 is 0. The minimum atomic E-state index is 0.508. The van der Waals surface area contributed by atoms with E-state index in [1.54, 1.807) is 13.3 Å². The van der Waals surface area contributed by atoms with Gasteiger partial charge in [0.25, 0.3) is 0 Å². The molecule has 0 bridgehead atoms. The predicted octanol–water partition coefficient (Wildman–Crippen LogP) is 4.27. The number of rotatable bonds is 8. The number of hydrogen-bond acceptors (Lipinski definition) is 4. The molecule has 3 aromatic rings. The normalized spacial score (nSPS) is 10.5. The maximum absolute atomic E-state index is 6.11. The average Bonchev–Trinajstić information content (AvgIpc) is 2.69. The lowest BCUT2D eigenvalue weighted by molar-refractivity contribution is 0.280. The lowest BCUT2D eigenvalue weighted by atomic mass is 10.1.